The van der Waals surface area contributed by atoms with Crippen molar-refractivity contribution in [3.63, 3.8) is 0 Å². The molecule has 1 aliphatic rings. The number of hydrogen-bond acceptors (Lipinski definition) is 13. The Morgan fingerprint density at radius 2 is 1.28 bits per heavy atom. The van der Waals surface area contributed by atoms with Crippen LogP contribution < -0.4 is 43.0 Å². The van der Waals surface area contributed by atoms with E-state index in [1.807, 2.05) is 54.6 Å². The number of amides is 7. The van der Waals surface area contributed by atoms with Crippen molar-refractivity contribution >= 4 is 79.8 Å². The van der Waals surface area contributed by atoms with Gasteiger partial charge < -0.3 is 63.3 Å². The van der Waals surface area contributed by atoms with E-state index in [4.69, 9.17) is 5.73 Å². The normalized spacial score (nSPS) is 22.6. The number of fused-ring (bicyclic) bond motifs is 1. The summed E-state index contributed by atoms with van der Waals surface area (Å²) in [7, 11) is 1.98. The van der Waals surface area contributed by atoms with Crippen LogP contribution in [0.25, 0.3) is 10.9 Å². The first-order valence-electron chi connectivity index (χ1n) is 23.7. The van der Waals surface area contributed by atoms with Gasteiger partial charge in [-0.2, -0.15) is 0 Å². The number of aliphatic carboxylic acids is 1. The molecular weight excluding hydrogens is 967 g/mol. The maximum absolute atomic E-state index is 14.7. The molecule has 20 nitrogen and oxygen atoms in total. The first kappa shape index (κ1) is 56.5. The lowest BCUT2D eigenvalue weighted by atomic mass is 10.00. The van der Waals surface area contributed by atoms with E-state index in [2.05, 4.69) is 42.2 Å². The van der Waals surface area contributed by atoms with Crippen LogP contribution in [0.5, 0.6) is 0 Å². The summed E-state index contributed by atoms with van der Waals surface area (Å²) in [6.45, 7) is 4.32. The number of carbonyl (C=O) groups is 8. The van der Waals surface area contributed by atoms with Gasteiger partial charge in [0.2, 0.25) is 41.4 Å². The van der Waals surface area contributed by atoms with Gasteiger partial charge in [-0.25, -0.2) is 4.79 Å². The van der Waals surface area contributed by atoms with Crippen molar-refractivity contribution in [2.45, 2.75) is 114 Å². The van der Waals surface area contributed by atoms with Crippen molar-refractivity contribution < 1.29 is 53.7 Å². The number of H-pyrrole nitrogens is 1. The third-order valence-electron chi connectivity index (χ3n) is 12.0. The predicted molar refractivity (Wildman–Crippen MR) is 274 cm³/mol. The zero-order chi connectivity index (χ0) is 52.3. The van der Waals surface area contributed by atoms with E-state index in [-0.39, 0.29) is 37.3 Å². The highest BCUT2D eigenvalue weighted by atomic mass is 33.1. The van der Waals surface area contributed by atoms with Crippen molar-refractivity contribution in [3.05, 3.63) is 108 Å². The molecule has 4 aromatic rings. The van der Waals surface area contributed by atoms with Gasteiger partial charge in [0.1, 0.15) is 36.3 Å². The Balaban J connectivity index is 1.57. The zero-order valence-electron chi connectivity index (χ0n) is 40.3. The van der Waals surface area contributed by atoms with Gasteiger partial charge >= 0.3 is 5.97 Å². The number of aromatic nitrogens is 1. The fraction of sp³-hybridized carbons (Fsp3) is 0.440. The molecule has 1 aliphatic heterocycles. The van der Waals surface area contributed by atoms with Crippen LogP contribution in [0.1, 0.15) is 56.7 Å². The number of aliphatic hydroxyl groups is 2. The van der Waals surface area contributed by atoms with Crippen LogP contribution in [-0.2, 0) is 57.6 Å². The summed E-state index contributed by atoms with van der Waals surface area (Å²) in [6.07, 6.45) is -0.449. The molecule has 1 fully saturated rings. The van der Waals surface area contributed by atoms with E-state index in [0.717, 1.165) is 45.0 Å². The third-order valence-corrected chi connectivity index (χ3v) is 14.4. The van der Waals surface area contributed by atoms with Crippen molar-refractivity contribution in [1.29, 1.82) is 0 Å². The number of benzene rings is 3. The Kier molecular flexibility index (Phi) is 21.9. The number of unbranched alkanes of at least 4 members (excludes halogenated alkanes) is 1. The Hall–Kier alpha value is -6.46. The molecule has 2 heterocycles. The molecular formula is C50H65N9O11S2. The average Bonchev–Trinajstić information content (AvgIpc) is 3.76. The molecule has 1 saturated heterocycles. The summed E-state index contributed by atoms with van der Waals surface area (Å²) in [5.41, 5.74) is 8.72. The van der Waals surface area contributed by atoms with Gasteiger partial charge in [-0.15, -0.1) is 0 Å². The lowest BCUT2D eigenvalue weighted by Crippen LogP contribution is -2.62. The lowest BCUT2D eigenvalue weighted by molar-refractivity contribution is -0.145. The standard InChI is InChI=1S/C50H65N9O11S2/c1-28(22-31-14-6-4-7-15-31)43(62)56-39-26-71-72-27-40(48(67)59-42(30(3)61)50(69)70)57-49(68)41(29(2)60)58-44(63)36(20-12-13-21-51)53-46(65)38(24-33-25-52-35-19-11-10-18-34(33)35)55-45(64)37(54-47(39)66)23-32-16-8-5-9-17-32/h4-11,14-19,25,28-30,36-42,52,60-61H,12-13,20-24,26-27,51H2,1-3H3,(H,53,65)(H,54,66)(H,55,64)(H,56,62)(H,57,68)(H,58,63)(H,59,67)(H,69,70)/t28-,29-,30-,36+,37+,38-,39+,40+,41+,42?/m1/s1. The van der Waals surface area contributed by atoms with Gasteiger partial charge in [0.25, 0.3) is 0 Å². The van der Waals surface area contributed by atoms with Crippen LogP contribution in [0, 0.1) is 5.92 Å². The van der Waals surface area contributed by atoms with E-state index in [1.54, 1.807) is 43.5 Å². The summed E-state index contributed by atoms with van der Waals surface area (Å²) in [5.74, 6) is -8.41. The van der Waals surface area contributed by atoms with Gasteiger partial charge in [0.05, 0.1) is 12.2 Å². The fourth-order valence-electron chi connectivity index (χ4n) is 7.90. The van der Waals surface area contributed by atoms with E-state index >= 15 is 0 Å². The monoisotopic (exact) mass is 1030 g/mol. The number of aromatic amines is 1. The zero-order valence-corrected chi connectivity index (χ0v) is 41.9. The summed E-state index contributed by atoms with van der Waals surface area (Å²) in [6, 6.07) is 15.0. The van der Waals surface area contributed by atoms with Crippen LogP contribution in [0.4, 0.5) is 0 Å². The summed E-state index contributed by atoms with van der Waals surface area (Å²) >= 11 is 0. The number of hydrogen-bond donors (Lipinski definition) is 12. The largest absolute Gasteiger partial charge is 0.480 e. The second-order valence-corrected chi connectivity index (χ2v) is 20.3. The number of para-hydroxylation sites is 1. The molecule has 0 spiro atoms. The van der Waals surface area contributed by atoms with E-state index in [1.165, 1.54) is 6.92 Å². The van der Waals surface area contributed by atoms with Crippen molar-refractivity contribution in [3.8, 4) is 0 Å². The molecule has 0 saturated carbocycles. The van der Waals surface area contributed by atoms with Crippen molar-refractivity contribution in [1.82, 2.24) is 42.2 Å². The number of carboxylic acids is 1. The van der Waals surface area contributed by atoms with E-state index < -0.39 is 108 Å². The molecule has 3 aromatic carbocycles. The molecule has 72 heavy (non-hydrogen) atoms. The summed E-state index contributed by atoms with van der Waals surface area (Å²) in [5, 5.41) is 50.0. The minimum Gasteiger partial charge on any atom is -0.480 e. The minimum absolute atomic E-state index is 0.00918. The highest BCUT2D eigenvalue weighted by Crippen LogP contribution is 2.25. The smallest absolute Gasteiger partial charge is 0.328 e. The summed E-state index contributed by atoms with van der Waals surface area (Å²) in [4.78, 5) is 115. The molecule has 0 aliphatic carbocycles. The quantitative estimate of drug-likeness (QED) is 0.0509. The Morgan fingerprint density at radius 1 is 0.694 bits per heavy atom. The van der Waals surface area contributed by atoms with Gasteiger partial charge in [0, 0.05) is 47.4 Å². The average molecular weight is 1030 g/mol. The van der Waals surface area contributed by atoms with Gasteiger partial charge in [-0.05, 0) is 68.8 Å². The van der Waals surface area contributed by atoms with Crippen LogP contribution in [-0.4, -0.2) is 140 Å². The maximum Gasteiger partial charge on any atom is 0.328 e. The molecule has 22 heteroatoms. The molecule has 1 aromatic heterocycles. The fourth-order valence-corrected chi connectivity index (χ4v) is 10.2. The molecule has 1 unspecified atom stereocenters. The first-order valence-corrected chi connectivity index (χ1v) is 26.2. The van der Waals surface area contributed by atoms with Crippen molar-refractivity contribution in [2.75, 3.05) is 18.1 Å². The number of carboxylic acid groups (broad SMARTS) is 1. The molecule has 10 atom stereocenters. The van der Waals surface area contributed by atoms with Gasteiger partial charge in [-0.1, -0.05) is 107 Å². The lowest BCUT2D eigenvalue weighted by Gasteiger charge is -2.29. The Labute approximate surface area is 425 Å². The van der Waals surface area contributed by atoms with Crippen LogP contribution in [0.15, 0.2) is 91.1 Å². The van der Waals surface area contributed by atoms with Crippen LogP contribution in [0.2, 0.25) is 0 Å². The predicted octanol–water partition coefficient (Wildman–Crippen LogP) is 0.596. The topological polar surface area (TPSA) is 323 Å². The van der Waals surface area contributed by atoms with Crippen LogP contribution >= 0.6 is 21.6 Å². The number of nitrogens with two attached hydrogens (primary N) is 1. The number of nitrogens with one attached hydrogen (secondary N) is 8. The second-order valence-electron chi connectivity index (χ2n) is 17.8. The third kappa shape index (κ3) is 16.8. The SMILES string of the molecule is C[C@H](Cc1ccccc1)C(=O)N[C@H]1CSSC[C@@H](C(=O)NC(C(=O)O)[C@@H](C)O)NC(=O)[C@H]([C@@H](C)O)NC(=O)[C@H](CCCCN)NC(=O)[C@@H](Cc2c[nH]c3ccccc23)NC(=O)[C@H](Cc2ccccc2)NC1=O. The number of rotatable bonds is 17. The van der Waals surface area contributed by atoms with Crippen LogP contribution in [0.3, 0.4) is 0 Å². The first-order chi connectivity index (χ1) is 34.4. The molecule has 13 N–H and O–H groups in total. The minimum atomic E-state index is -1.79. The molecule has 0 radical (unpaired) electrons. The summed E-state index contributed by atoms with van der Waals surface area (Å²) < 4.78 is 0. The molecule has 388 valence electrons. The molecule has 7 amide bonds. The second kappa shape index (κ2) is 28.0. The molecule has 0 bridgehead atoms. The van der Waals surface area contributed by atoms with E-state index in [0.29, 0.717) is 30.4 Å². The van der Waals surface area contributed by atoms with E-state index in [9.17, 15) is 53.7 Å². The maximum atomic E-state index is 14.7. The van der Waals surface area contributed by atoms with Gasteiger partial charge in [-0.3, -0.25) is 33.6 Å². The van der Waals surface area contributed by atoms with Gasteiger partial charge in [0.15, 0.2) is 6.04 Å². The number of aliphatic hydroxyl groups excluding tert-OH is 2. The number of carbonyl (C=O) groups excluding carboxylic acids is 7. The Morgan fingerprint density at radius 3 is 1.92 bits per heavy atom. The highest BCUT2D eigenvalue weighted by Gasteiger charge is 2.37. The van der Waals surface area contributed by atoms with Crippen molar-refractivity contribution in [2.24, 2.45) is 11.7 Å². The Bertz CT molecular complexity index is 2480. The highest BCUT2D eigenvalue weighted by molar-refractivity contribution is 8.76. The molecule has 5 rings (SSSR count).